The van der Waals surface area contributed by atoms with Crippen molar-refractivity contribution in [2.75, 3.05) is 4.90 Å². The van der Waals surface area contributed by atoms with Crippen LogP contribution >= 0.6 is 0 Å². The highest BCUT2D eigenvalue weighted by Crippen LogP contribution is 2.48. The number of fused-ring (bicyclic) bond motifs is 9. The first-order valence-electron chi connectivity index (χ1n) is 17.6. The lowest BCUT2D eigenvalue weighted by Crippen LogP contribution is -2.09. The second-order valence-electron chi connectivity index (χ2n) is 13.3. The lowest BCUT2D eigenvalue weighted by atomic mass is 9.93. The molecule has 0 radical (unpaired) electrons. The van der Waals surface area contributed by atoms with E-state index in [1.165, 1.54) is 5.39 Å². The third-order valence-corrected chi connectivity index (χ3v) is 10.3. The molecule has 52 heavy (non-hydrogen) atoms. The average Bonchev–Trinajstić information content (AvgIpc) is 3.87. The van der Waals surface area contributed by atoms with Gasteiger partial charge in [0.1, 0.15) is 22.3 Å². The van der Waals surface area contributed by atoms with E-state index in [0.29, 0.717) is 0 Å². The zero-order chi connectivity index (χ0) is 34.2. The summed E-state index contributed by atoms with van der Waals surface area (Å²) in [4.78, 5) is 2.32. The standard InChI is InChI=1S/C48H30N2O2/c1-4-14-32(15-5-1)49(33-16-6-2-7-17-33)35-25-27-38-40(29-35)50(34-18-8-3-9-19-34)41-30-45-48(39-21-11-13-23-43(39)52-45)46(47(38)41)31-24-26-37-36-20-10-12-22-42(36)51-44(37)28-31/h1-30H. The van der Waals surface area contributed by atoms with Gasteiger partial charge in [0.25, 0.3) is 0 Å². The second kappa shape index (κ2) is 11.2. The Labute approximate surface area is 299 Å². The molecule has 0 aliphatic carbocycles. The summed E-state index contributed by atoms with van der Waals surface area (Å²) in [5.41, 5.74) is 12.2. The molecule has 244 valence electrons. The SMILES string of the molecule is c1ccc(N(c2ccccc2)c2ccc3c4c(-c5ccc6c(c5)oc5ccccc56)c5c(cc4n(-c4ccccc4)c3c2)oc2ccccc25)cc1. The first kappa shape index (κ1) is 28.8. The van der Waals surface area contributed by atoms with Crippen molar-refractivity contribution in [1.29, 1.82) is 0 Å². The first-order chi connectivity index (χ1) is 25.8. The second-order valence-corrected chi connectivity index (χ2v) is 13.3. The Bertz CT molecular complexity index is 3080. The molecule has 4 nitrogen and oxygen atoms in total. The fourth-order valence-corrected chi connectivity index (χ4v) is 8.13. The molecule has 3 aromatic heterocycles. The van der Waals surface area contributed by atoms with Crippen LogP contribution in [0, 0.1) is 0 Å². The van der Waals surface area contributed by atoms with Gasteiger partial charge < -0.3 is 18.3 Å². The van der Waals surface area contributed by atoms with Gasteiger partial charge in [-0.1, -0.05) is 103 Å². The number of anilines is 3. The topological polar surface area (TPSA) is 34.5 Å². The number of rotatable bonds is 5. The Morgan fingerprint density at radius 3 is 1.67 bits per heavy atom. The summed E-state index contributed by atoms with van der Waals surface area (Å²) >= 11 is 0. The average molecular weight is 667 g/mol. The van der Waals surface area contributed by atoms with Gasteiger partial charge in [-0.05, 0) is 78.4 Å². The van der Waals surface area contributed by atoms with Gasteiger partial charge in [0, 0.05) is 66.7 Å². The molecular weight excluding hydrogens is 637 g/mol. The van der Waals surface area contributed by atoms with E-state index in [2.05, 4.69) is 173 Å². The maximum absolute atomic E-state index is 6.68. The number of benzene rings is 8. The third kappa shape index (κ3) is 4.28. The Kier molecular flexibility index (Phi) is 6.22. The smallest absolute Gasteiger partial charge is 0.138 e. The fourth-order valence-electron chi connectivity index (χ4n) is 8.13. The van der Waals surface area contributed by atoms with Crippen LogP contribution in [0.1, 0.15) is 0 Å². The predicted molar refractivity (Wildman–Crippen MR) is 215 cm³/mol. The van der Waals surface area contributed by atoms with Gasteiger partial charge in [0.05, 0.1) is 11.0 Å². The molecule has 0 atom stereocenters. The normalized spacial score (nSPS) is 11.8. The van der Waals surface area contributed by atoms with Crippen LogP contribution in [0.4, 0.5) is 17.1 Å². The minimum absolute atomic E-state index is 0.851. The van der Waals surface area contributed by atoms with Gasteiger partial charge in [-0.2, -0.15) is 0 Å². The van der Waals surface area contributed by atoms with E-state index in [4.69, 9.17) is 8.83 Å². The van der Waals surface area contributed by atoms with Crippen LogP contribution in [0.15, 0.2) is 191 Å². The van der Waals surface area contributed by atoms with E-state index in [1.807, 2.05) is 18.2 Å². The van der Waals surface area contributed by atoms with Crippen LogP contribution < -0.4 is 4.90 Å². The highest BCUT2D eigenvalue weighted by Gasteiger charge is 2.24. The fraction of sp³-hybridized carbons (Fsp3) is 0. The number of hydrogen-bond donors (Lipinski definition) is 0. The van der Waals surface area contributed by atoms with Gasteiger partial charge in [0.2, 0.25) is 0 Å². The van der Waals surface area contributed by atoms with E-state index in [-0.39, 0.29) is 0 Å². The monoisotopic (exact) mass is 666 g/mol. The molecule has 0 spiro atoms. The van der Waals surface area contributed by atoms with Crippen LogP contribution in [-0.4, -0.2) is 4.57 Å². The van der Waals surface area contributed by atoms with Crippen molar-refractivity contribution in [3.05, 3.63) is 182 Å². The summed E-state index contributed by atoms with van der Waals surface area (Å²) in [7, 11) is 0. The van der Waals surface area contributed by atoms with Crippen molar-refractivity contribution in [3.63, 3.8) is 0 Å². The van der Waals surface area contributed by atoms with Gasteiger partial charge in [-0.25, -0.2) is 0 Å². The molecule has 3 heterocycles. The molecule has 0 N–H and O–H groups in total. The maximum Gasteiger partial charge on any atom is 0.138 e. The first-order valence-corrected chi connectivity index (χ1v) is 17.6. The number of nitrogens with zero attached hydrogens (tertiary/aromatic N) is 2. The summed E-state index contributed by atoms with van der Waals surface area (Å²) in [6.07, 6.45) is 0. The van der Waals surface area contributed by atoms with E-state index in [1.54, 1.807) is 0 Å². The van der Waals surface area contributed by atoms with Crippen molar-refractivity contribution >= 4 is 82.7 Å². The van der Waals surface area contributed by atoms with Gasteiger partial charge in [-0.15, -0.1) is 0 Å². The quantitative estimate of drug-likeness (QED) is 0.183. The lowest BCUT2D eigenvalue weighted by molar-refractivity contribution is 0.668. The number of furan rings is 2. The van der Waals surface area contributed by atoms with Gasteiger partial charge >= 0.3 is 0 Å². The molecule has 0 unspecified atom stereocenters. The molecule has 0 amide bonds. The van der Waals surface area contributed by atoms with Gasteiger partial charge in [0.15, 0.2) is 0 Å². The summed E-state index contributed by atoms with van der Waals surface area (Å²) < 4.78 is 15.5. The van der Waals surface area contributed by atoms with E-state index in [0.717, 1.165) is 94.2 Å². The molecule has 4 heteroatoms. The van der Waals surface area contributed by atoms with Gasteiger partial charge in [-0.3, -0.25) is 0 Å². The van der Waals surface area contributed by atoms with Crippen LogP contribution in [0.3, 0.4) is 0 Å². The number of para-hydroxylation sites is 5. The lowest BCUT2D eigenvalue weighted by Gasteiger charge is -2.25. The predicted octanol–water partition coefficient (Wildman–Crippen LogP) is 13.7. The minimum atomic E-state index is 0.851. The molecule has 0 aliphatic heterocycles. The number of aromatic nitrogens is 1. The summed E-state index contributed by atoms with van der Waals surface area (Å²) in [5.74, 6) is 0. The molecule has 11 rings (SSSR count). The highest BCUT2D eigenvalue weighted by molar-refractivity contribution is 6.27. The summed E-state index contributed by atoms with van der Waals surface area (Å²) in [6, 6.07) is 64.2. The summed E-state index contributed by atoms with van der Waals surface area (Å²) in [6.45, 7) is 0. The van der Waals surface area contributed by atoms with E-state index in [9.17, 15) is 0 Å². The van der Waals surface area contributed by atoms with Crippen LogP contribution in [0.5, 0.6) is 0 Å². The number of hydrogen-bond acceptors (Lipinski definition) is 3. The molecule has 0 bridgehead atoms. The van der Waals surface area contributed by atoms with Crippen LogP contribution in [0.2, 0.25) is 0 Å². The van der Waals surface area contributed by atoms with Crippen molar-refractivity contribution < 1.29 is 8.83 Å². The maximum atomic E-state index is 6.68. The van der Waals surface area contributed by atoms with Crippen molar-refractivity contribution in [2.24, 2.45) is 0 Å². The highest BCUT2D eigenvalue weighted by atomic mass is 16.3. The van der Waals surface area contributed by atoms with E-state index < -0.39 is 0 Å². The Morgan fingerprint density at radius 2 is 0.942 bits per heavy atom. The minimum Gasteiger partial charge on any atom is -0.456 e. The zero-order valence-corrected chi connectivity index (χ0v) is 28.0. The largest absolute Gasteiger partial charge is 0.456 e. The van der Waals surface area contributed by atoms with Crippen molar-refractivity contribution in [3.8, 4) is 16.8 Å². The summed E-state index contributed by atoms with van der Waals surface area (Å²) in [5, 5.41) is 6.76. The third-order valence-electron chi connectivity index (χ3n) is 10.3. The van der Waals surface area contributed by atoms with Crippen LogP contribution in [0.25, 0.3) is 82.5 Å². The van der Waals surface area contributed by atoms with Crippen molar-refractivity contribution in [2.45, 2.75) is 0 Å². The molecular formula is C48H30N2O2. The van der Waals surface area contributed by atoms with E-state index >= 15 is 0 Å². The van der Waals surface area contributed by atoms with Crippen molar-refractivity contribution in [1.82, 2.24) is 4.57 Å². The molecule has 8 aromatic carbocycles. The molecule has 0 aliphatic rings. The Hall–Kier alpha value is -7.04. The van der Waals surface area contributed by atoms with Crippen LogP contribution in [-0.2, 0) is 0 Å². The zero-order valence-electron chi connectivity index (χ0n) is 28.0. The molecule has 11 aromatic rings. The molecule has 0 saturated heterocycles. The Balaban J connectivity index is 1.28. The molecule has 0 fully saturated rings. The Morgan fingerprint density at radius 1 is 0.365 bits per heavy atom. The molecule has 0 saturated carbocycles.